The van der Waals surface area contributed by atoms with Crippen molar-refractivity contribution in [1.82, 2.24) is 5.32 Å². The third kappa shape index (κ3) is 3.09. The van der Waals surface area contributed by atoms with E-state index in [2.05, 4.69) is 5.32 Å². The van der Waals surface area contributed by atoms with Crippen LogP contribution in [0.15, 0.2) is 28.7 Å². The second kappa shape index (κ2) is 6.28. The summed E-state index contributed by atoms with van der Waals surface area (Å²) in [6.45, 7) is 3.01. The molecule has 21 heavy (non-hydrogen) atoms. The third-order valence-corrected chi connectivity index (χ3v) is 3.95. The number of benzene rings is 1. The highest BCUT2D eigenvalue weighted by molar-refractivity contribution is 5.94. The Morgan fingerprint density at radius 3 is 2.86 bits per heavy atom. The summed E-state index contributed by atoms with van der Waals surface area (Å²) in [6.07, 6.45) is 2.22. The van der Waals surface area contributed by atoms with Crippen LogP contribution in [0, 0.1) is 5.92 Å². The van der Waals surface area contributed by atoms with E-state index in [1.54, 1.807) is 6.07 Å². The quantitative estimate of drug-likeness (QED) is 0.885. The Bertz CT molecular complexity index is 628. The average molecular weight is 289 g/mol. The molecule has 0 saturated carbocycles. The fourth-order valence-electron chi connectivity index (χ4n) is 2.79. The highest BCUT2D eigenvalue weighted by Gasteiger charge is 2.20. The summed E-state index contributed by atoms with van der Waals surface area (Å²) in [7, 11) is 0. The van der Waals surface area contributed by atoms with E-state index < -0.39 is 5.97 Å². The molecular weight excluding hydrogens is 270 g/mol. The van der Waals surface area contributed by atoms with Gasteiger partial charge in [0.2, 0.25) is 5.76 Å². The smallest absolute Gasteiger partial charge is 0.372 e. The molecule has 0 unspecified atom stereocenters. The summed E-state index contributed by atoms with van der Waals surface area (Å²) < 4.78 is 11.2. The van der Waals surface area contributed by atoms with E-state index >= 15 is 0 Å². The van der Waals surface area contributed by atoms with E-state index in [0.29, 0.717) is 23.7 Å². The van der Waals surface area contributed by atoms with E-state index in [1.807, 2.05) is 18.2 Å². The zero-order valence-corrected chi connectivity index (χ0v) is 11.8. The van der Waals surface area contributed by atoms with Crippen LogP contribution in [0.5, 0.6) is 0 Å². The number of piperidine rings is 1. The fourth-order valence-corrected chi connectivity index (χ4v) is 2.79. The minimum atomic E-state index is -1.05. The van der Waals surface area contributed by atoms with Crippen LogP contribution in [0.4, 0.5) is 0 Å². The summed E-state index contributed by atoms with van der Waals surface area (Å²) in [5.41, 5.74) is 1.22. The van der Waals surface area contributed by atoms with E-state index in [-0.39, 0.29) is 12.4 Å². The van der Waals surface area contributed by atoms with Gasteiger partial charge in [-0.1, -0.05) is 18.2 Å². The summed E-state index contributed by atoms with van der Waals surface area (Å²) in [5, 5.41) is 13.4. The Morgan fingerprint density at radius 1 is 1.33 bits per heavy atom. The number of carboxylic acid groups (broad SMARTS) is 1. The Labute approximate surface area is 122 Å². The number of hydrogen-bond donors (Lipinski definition) is 2. The lowest BCUT2D eigenvalue weighted by atomic mass is 9.99. The van der Waals surface area contributed by atoms with Gasteiger partial charge in [-0.15, -0.1) is 0 Å². The van der Waals surface area contributed by atoms with Gasteiger partial charge in [0, 0.05) is 17.6 Å². The molecule has 5 heteroatoms. The van der Waals surface area contributed by atoms with Gasteiger partial charge in [-0.05, 0) is 37.9 Å². The minimum Gasteiger partial charge on any atom is -0.475 e. The number of aromatic carboxylic acids is 1. The van der Waals surface area contributed by atoms with Crippen LogP contribution in [0.25, 0.3) is 11.0 Å². The molecule has 3 rings (SSSR count). The van der Waals surface area contributed by atoms with Crippen molar-refractivity contribution in [3.05, 3.63) is 35.6 Å². The van der Waals surface area contributed by atoms with Crippen LogP contribution in [-0.2, 0) is 11.3 Å². The minimum absolute atomic E-state index is 0.0125. The maximum Gasteiger partial charge on any atom is 0.372 e. The van der Waals surface area contributed by atoms with E-state index in [9.17, 15) is 9.90 Å². The second-order valence-corrected chi connectivity index (χ2v) is 5.42. The van der Waals surface area contributed by atoms with Crippen LogP contribution < -0.4 is 5.32 Å². The molecule has 1 aromatic carbocycles. The molecule has 0 radical (unpaired) electrons. The first kappa shape index (κ1) is 14.1. The van der Waals surface area contributed by atoms with Gasteiger partial charge in [0.25, 0.3) is 0 Å². The van der Waals surface area contributed by atoms with Gasteiger partial charge >= 0.3 is 5.97 Å². The standard InChI is InChI=1S/C16H19NO4/c18-16(19)15-13(12-3-1-2-4-14(12)21-15)10-20-9-11-5-7-17-8-6-11/h1-4,11,17H,5-10H2,(H,18,19). The predicted molar refractivity (Wildman–Crippen MR) is 78.4 cm³/mol. The first-order valence-electron chi connectivity index (χ1n) is 7.28. The molecule has 2 N–H and O–H groups in total. The Kier molecular flexibility index (Phi) is 4.22. The molecule has 1 fully saturated rings. The van der Waals surface area contributed by atoms with E-state index in [1.165, 1.54) is 0 Å². The van der Waals surface area contributed by atoms with Crippen molar-refractivity contribution in [2.45, 2.75) is 19.4 Å². The summed E-state index contributed by atoms with van der Waals surface area (Å²) in [4.78, 5) is 11.3. The first-order chi connectivity index (χ1) is 10.3. The van der Waals surface area contributed by atoms with E-state index in [4.69, 9.17) is 9.15 Å². The van der Waals surface area contributed by atoms with Crippen LogP contribution in [-0.4, -0.2) is 30.8 Å². The third-order valence-electron chi connectivity index (χ3n) is 3.95. The largest absolute Gasteiger partial charge is 0.475 e. The molecule has 0 bridgehead atoms. The number of carboxylic acids is 1. The number of ether oxygens (including phenoxy) is 1. The topological polar surface area (TPSA) is 71.7 Å². The molecule has 2 aromatic rings. The Balaban J connectivity index is 1.72. The maximum atomic E-state index is 11.3. The monoisotopic (exact) mass is 289 g/mol. The lowest BCUT2D eigenvalue weighted by Crippen LogP contribution is -2.29. The van der Waals surface area contributed by atoms with E-state index in [0.717, 1.165) is 31.3 Å². The number of para-hydroxylation sites is 1. The molecule has 0 spiro atoms. The molecule has 1 aliphatic heterocycles. The first-order valence-corrected chi connectivity index (χ1v) is 7.28. The van der Waals surface area contributed by atoms with Gasteiger partial charge in [-0.25, -0.2) is 4.79 Å². The Morgan fingerprint density at radius 2 is 2.10 bits per heavy atom. The second-order valence-electron chi connectivity index (χ2n) is 5.42. The Hall–Kier alpha value is -1.85. The number of rotatable bonds is 5. The zero-order chi connectivity index (χ0) is 14.7. The highest BCUT2D eigenvalue weighted by atomic mass is 16.5. The van der Waals surface area contributed by atoms with Gasteiger partial charge in [-0.2, -0.15) is 0 Å². The van der Waals surface area contributed by atoms with Crippen LogP contribution >= 0.6 is 0 Å². The molecule has 0 aliphatic carbocycles. The number of nitrogens with one attached hydrogen (secondary N) is 1. The lowest BCUT2D eigenvalue weighted by molar-refractivity contribution is 0.0627. The van der Waals surface area contributed by atoms with Crippen molar-refractivity contribution in [3.8, 4) is 0 Å². The van der Waals surface area contributed by atoms with Crippen molar-refractivity contribution in [3.63, 3.8) is 0 Å². The fraction of sp³-hybridized carbons (Fsp3) is 0.438. The molecule has 2 heterocycles. The predicted octanol–water partition coefficient (Wildman–Crippen LogP) is 2.65. The average Bonchev–Trinajstić information content (AvgIpc) is 2.88. The molecule has 5 nitrogen and oxygen atoms in total. The van der Waals surface area contributed by atoms with Gasteiger partial charge in [0.1, 0.15) is 5.58 Å². The summed E-state index contributed by atoms with van der Waals surface area (Å²) in [5.74, 6) is -0.508. The van der Waals surface area contributed by atoms with Crippen LogP contribution in [0.2, 0.25) is 0 Å². The lowest BCUT2D eigenvalue weighted by Gasteiger charge is -2.22. The van der Waals surface area contributed by atoms with Crippen LogP contribution in [0.1, 0.15) is 29.0 Å². The van der Waals surface area contributed by atoms with Crippen molar-refractivity contribution in [1.29, 1.82) is 0 Å². The molecule has 1 aromatic heterocycles. The zero-order valence-electron chi connectivity index (χ0n) is 11.8. The summed E-state index contributed by atoms with van der Waals surface area (Å²) in [6, 6.07) is 7.35. The SMILES string of the molecule is O=C(O)c1oc2ccccc2c1COCC1CCNCC1. The van der Waals surface area contributed by atoms with Gasteiger partial charge < -0.3 is 19.6 Å². The molecule has 0 amide bonds. The number of furan rings is 1. The summed E-state index contributed by atoms with van der Waals surface area (Å²) >= 11 is 0. The number of carbonyl (C=O) groups is 1. The van der Waals surface area contributed by atoms with Gasteiger partial charge in [0.05, 0.1) is 6.61 Å². The van der Waals surface area contributed by atoms with Crippen LogP contribution in [0.3, 0.4) is 0 Å². The molecule has 0 atom stereocenters. The number of hydrogen-bond acceptors (Lipinski definition) is 4. The van der Waals surface area contributed by atoms with Crippen molar-refractivity contribution < 1.29 is 19.1 Å². The molecule has 1 saturated heterocycles. The molecule has 1 aliphatic rings. The van der Waals surface area contributed by atoms with Crippen molar-refractivity contribution in [2.24, 2.45) is 5.92 Å². The van der Waals surface area contributed by atoms with Crippen molar-refractivity contribution >= 4 is 16.9 Å². The van der Waals surface area contributed by atoms with Gasteiger partial charge in [-0.3, -0.25) is 0 Å². The van der Waals surface area contributed by atoms with Crippen molar-refractivity contribution in [2.75, 3.05) is 19.7 Å². The molecular formula is C16H19NO4. The van der Waals surface area contributed by atoms with Gasteiger partial charge in [0.15, 0.2) is 0 Å². The maximum absolute atomic E-state index is 11.3. The highest BCUT2D eigenvalue weighted by Crippen LogP contribution is 2.27. The normalized spacial score (nSPS) is 16.4. The molecule has 112 valence electrons. The number of fused-ring (bicyclic) bond motifs is 1.